The van der Waals surface area contributed by atoms with E-state index in [4.69, 9.17) is 4.42 Å². The van der Waals surface area contributed by atoms with Crippen LogP contribution in [0.5, 0.6) is 0 Å². The van der Waals surface area contributed by atoms with E-state index in [9.17, 15) is 18.0 Å². The Kier molecular flexibility index (Phi) is 8.04. The maximum absolute atomic E-state index is 12.7. The summed E-state index contributed by atoms with van der Waals surface area (Å²) in [4.78, 5) is 31.0. The first-order valence-corrected chi connectivity index (χ1v) is 13.5. The fourth-order valence-corrected chi connectivity index (χ4v) is 5.44. The molecule has 2 aromatic heterocycles. The van der Waals surface area contributed by atoms with E-state index in [-0.39, 0.29) is 30.0 Å². The molecule has 4 rings (SSSR count). The van der Waals surface area contributed by atoms with Crippen LogP contribution in [0, 0.1) is 6.92 Å². The molecule has 10 heteroatoms. The van der Waals surface area contributed by atoms with Gasteiger partial charge in [0.25, 0.3) is 0 Å². The van der Waals surface area contributed by atoms with E-state index in [1.54, 1.807) is 53.6 Å². The largest absolute Gasteiger partial charge is 0.465 e. The number of piperidine rings is 1. The van der Waals surface area contributed by atoms with Gasteiger partial charge in [0, 0.05) is 44.0 Å². The third kappa shape index (κ3) is 6.51. The molecule has 1 saturated heterocycles. The van der Waals surface area contributed by atoms with Gasteiger partial charge in [0.15, 0.2) is 9.84 Å². The average Bonchev–Trinajstić information content (AvgIpc) is 3.57. The van der Waals surface area contributed by atoms with E-state index in [2.05, 4.69) is 10.3 Å². The fourth-order valence-electron chi connectivity index (χ4n) is 4.22. The second-order valence-electron chi connectivity index (χ2n) is 8.83. The van der Waals surface area contributed by atoms with Crippen LogP contribution in [-0.4, -0.2) is 60.1 Å². The standard InChI is InChI=1S/C26H30N4O5S/c1-20-4-7-23(8-5-20)36(33,34)18-16-30-15-12-27-26(30)21-10-13-29(14-11-21)25(32)19-28-24(31)9-6-22-3-2-17-35-22/h2-9,12,15,17,21H,10-11,13-14,16,18-19H2,1H3,(H,28,31). The molecule has 1 fully saturated rings. The van der Waals surface area contributed by atoms with E-state index in [1.807, 2.05) is 17.7 Å². The van der Waals surface area contributed by atoms with Gasteiger partial charge < -0.3 is 19.2 Å². The normalized spacial score (nSPS) is 14.9. The van der Waals surface area contributed by atoms with Gasteiger partial charge in [0.05, 0.1) is 23.5 Å². The summed E-state index contributed by atoms with van der Waals surface area (Å²) in [5.41, 5.74) is 1.01. The van der Waals surface area contributed by atoms with Gasteiger partial charge in [-0.3, -0.25) is 9.59 Å². The van der Waals surface area contributed by atoms with Crippen molar-refractivity contribution in [2.45, 2.75) is 37.1 Å². The molecule has 0 spiro atoms. The van der Waals surface area contributed by atoms with E-state index < -0.39 is 9.84 Å². The average molecular weight is 511 g/mol. The Morgan fingerprint density at radius 2 is 1.92 bits per heavy atom. The molecular formula is C26H30N4O5S. The van der Waals surface area contributed by atoms with Gasteiger partial charge in [-0.05, 0) is 50.1 Å². The summed E-state index contributed by atoms with van der Waals surface area (Å²) in [6.07, 6.45) is 9.33. The molecule has 2 amide bonds. The van der Waals surface area contributed by atoms with Crippen LogP contribution in [0.25, 0.3) is 6.08 Å². The molecule has 0 bridgehead atoms. The predicted octanol–water partition coefficient (Wildman–Crippen LogP) is 2.79. The summed E-state index contributed by atoms with van der Waals surface area (Å²) in [5.74, 6) is 1.03. The topological polar surface area (TPSA) is 115 Å². The Hall–Kier alpha value is -3.66. The Balaban J connectivity index is 1.25. The van der Waals surface area contributed by atoms with Crippen LogP contribution in [0.3, 0.4) is 0 Å². The minimum atomic E-state index is -3.40. The first-order chi connectivity index (χ1) is 17.3. The van der Waals surface area contributed by atoms with Crippen molar-refractivity contribution >= 4 is 27.7 Å². The van der Waals surface area contributed by atoms with Crippen LogP contribution in [0.15, 0.2) is 70.4 Å². The van der Waals surface area contributed by atoms with Gasteiger partial charge in [-0.1, -0.05) is 17.7 Å². The van der Waals surface area contributed by atoms with E-state index in [0.717, 1.165) is 24.2 Å². The molecule has 3 aromatic rings. The summed E-state index contributed by atoms with van der Waals surface area (Å²) in [7, 11) is -3.40. The van der Waals surface area contributed by atoms with E-state index >= 15 is 0 Å². The zero-order valence-corrected chi connectivity index (χ0v) is 21.0. The maximum Gasteiger partial charge on any atom is 0.244 e. The van der Waals surface area contributed by atoms with Gasteiger partial charge in [0.1, 0.15) is 11.6 Å². The number of benzene rings is 1. The number of hydrogen-bond acceptors (Lipinski definition) is 6. The van der Waals surface area contributed by atoms with Gasteiger partial charge >= 0.3 is 0 Å². The molecule has 1 aliphatic rings. The summed E-state index contributed by atoms with van der Waals surface area (Å²) in [5, 5.41) is 2.61. The molecule has 1 aliphatic heterocycles. The maximum atomic E-state index is 12.7. The highest BCUT2D eigenvalue weighted by atomic mass is 32.2. The number of aromatic nitrogens is 2. The van der Waals surface area contributed by atoms with Gasteiger partial charge in [-0.15, -0.1) is 0 Å². The summed E-state index contributed by atoms with van der Waals surface area (Å²) < 4.78 is 32.5. The van der Waals surface area contributed by atoms with Gasteiger partial charge in [-0.2, -0.15) is 0 Å². The first kappa shape index (κ1) is 25.4. The number of likely N-dealkylation sites (tertiary alicyclic amines) is 1. The second-order valence-corrected chi connectivity index (χ2v) is 10.9. The molecule has 190 valence electrons. The lowest BCUT2D eigenvalue weighted by atomic mass is 9.96. The summed E-state index contributed by atoms with van der Waals surface area (Å²) in [6, 6.07) is 10.3. The number of carbonyl (C=O) groups excluding carboxylic acids is 2. The Morgan fingerprint density at radius 1 is 1.17 bits per heavy atom. The van der Waals surface area contributed by atoms with Gasteiger partial charge in [0.2, 0.25) is 11.8 Å². The van der Waals surface area contributed by atoms with Crippen molar-refractivity contribution in [2.75, 3.05) is 25.4 Å². The first-order valence-electron chi connectivity index (χ1n) is 11.9. The number of carbonyl (C=O) groups is 2. The molecule has 0 atom stereocenters. The van der Waals surface area contributed by atoms with Crippen molar-refractivity contribution in [3.63, 3.8) is 0 Å². The summed E-state index contributed by atoms with van der Waals surface area (Å²) >= 11 is 0. The van der Waals surface area contributed by atoms with Crippen LogP contribution in [0.2, 0.25) is 0 Å². The number of amides is 2. The van der Waals surface area contributed by atoms with Crippen LogP contribution >= 0.6 is 0 Å². The zero-order chi connectivity index (χ0) is 25.5. The van der Waals surface area contributed by atoms with Crippen LogP contribution < -0.4 is 5.32 Å². The number of furan rings is 1. The third-order valence-electron chi connectivity index (χ3n) is 6.30. The molecule has 0 radical (unpaired) electrons. The quantitative estimate of drug-likeness (QED) is 0.443. The molecular weight excluding hydrogens is 480 g/mol. The Morgan fingerprint density at radius 3 is 2.61 bits per heavy atom. The molecule has 1 aromatic carbocycles. The van der Waals surface area contributed by atoms with Crippen LogP contribution in [0.4, 0.5) is 0 Å². The highest BCUT2D eigenvalue weighted by Gasteiger charge is 2.27. The van der Waals surface area contributed by atoms with Crippen LogP contribution in [-0.2, 0) is 26.0 Å². The molecule has 9 nitrogen and oxygen atoms in total. The molecule has 0 unspecified atom stereocenters. The number of nitrogens with zero attached hydrogens (tertiary/aromatic N) is 3. The summed E-state index contributed by atoms with van der Waals surface area (Å²) in [6.45, 7) is 3.27. The van der Waals surface area contributed by atoms with Crippen molar-refractivity contribution in [3.8, 4) is 0 Å². The zero-order valence-electron chi connectivity index (χ0n) is 20.2. The highest BCUT2D eigenvalue weighted by Crippen LogP contribution is 2.27. The lowest BCUT2D eigenvalue weighted by molar-refractivity contribution is -0.133. The fraction of sp³-hybridized carbons (Fsp3) is 0.346. The van der Waals surface area contributed by atoms with Crippen molar-refractivity contribution in [3.05, 3.63) is 78.3 Å². The minimum Gasteiger partial charge on any atom is -0.465 e. The monoisotopic (exact) mass is 510 g/mol. The van der Waals surface area contributed by atoms with Crippen molar-refractivity contribution in [2.24, 2.45) is 0 Å². The number of hydrogen-bond donors (Lipinski definition) is 1. The molecule has 36 heavy (non-hydrogen) atoms. The number of sulfone groups is 1. The predicted molar refractivity (Wildman–Crippen MR) is 135 cm³/mol. The number of imidazole rings is 1. The lowest BCUT2D eigenvalue weighted by Crippen LogP contribution is -2.43. The second kappa shape index (κ2) is 11.4. The van der Waals surface area contributed by atoms with E-state index in [1.165, 1.54) is 12.3 Å². The lowest BCUT2D eigenvalue weighted by Gasteiger charge is -2.32. The SMILES string of the molecule is Cc1ccc(S(=O)(=O)CCn2ccnc2C2CCN(C(=O)CNC(=O)C=Cc3ccco3)CC2)cc1. The minimum absolute atomic E-state index is 0.00911. The molecule has 3 heterocycles. The number of aryl methyl sites for hydroxylation is 2. The Labute approximate surface area is 210 Å². The third-order valence-corrected chi connectivity index (χ3v) is 8.01. The van der Waals surface area contributed by atoms with Gasteiger partial charge in [-0.25, -0.2) is 13.4 Å². The van der Waals surface area contributed by atoms with Crippen molar-refractivity contribution in [1.82, 2.24) is 19.8 Å². The van der Waals surface area contributed by atoms with E-state index in [0.29, 0.717) is 30.3 Å². The number of rotatable bonds is 9. The Bertz CT molecular complexity index is 1300. The molecule has 0 saturated carbocycles. The molecule has 1 N–H and O–H groups in total. The van der Waals surface area contributed by atoms with Crippen molar-refractivity contribution < 1.29 is 22.4 Å². The highest BCUT2D eigenvalue weighted by molar-refractivity contribution is 7.91. The van der Waals surface area contributed by atoms with Crippen molar-refractivity contribution in [1.29, 1.82) is 0 Å². The number of nitrogens with one attached hydrogen (secondary N) is 1. The van der Waals surface area contributed by atoms with Crippen LogP contribution in [0.1, 0.15) is 35.9 Å². The molecule has 0 aliphatic carbocycles. The smallest absolute Gasteiger partial charge is 0.244 e.